The molecule has 0 saturated heterocycles. The number of aliphatic hydroxyl groups is 1. The van der Waals surface area contributed by atoms with E-state index < -0.39 is 10.8 Å². The number of nitro groups is 1. The van der Waals surface area contributed by atoms with Crippen LogP contribution in [0.5, 0.6) is 0 Å². The lowest BCUT2D eigenvalue weighted by atomic mass is 10.1. The topological polar surface area (TPSA) is 108 Å². The van der Waals surface area contributed by atoms with E-state index in [0.717, 1.165) is 0 Å². The number of aliphatic imine (C=N–C) groups is 1. The molecule has 1 aromatic carbocycles. The number of benzene rings is 1. The third kappa shape index (κ3) is 3.11. The lowest BCUT2D eigenvalue weighted by Gasteiger charge is -2.12. The molecule has 21 heavy (non-hydrogen) atoms. The summed E-state index contributed by atoms with van der Waals surface area (Å²) >= 11 is 0. The Labute approximate surface area is 120 Å². The third-order valence-electron chi connectivity index (χ3n) is 2.97. The highest BCUT2D eigenvalue weighted by atomic mass is 16.6. The first-order valence-electron chi connectivity index (χ1n) is 6.29. The molecule has 0 bridgehead atoms. The summed E-state index contributed by atoms with van der Waals surface area (Å²) < 4.78 is 0. The van der Waals surface area contributed by atoms with Crippen molar-refractivity contribution in [3.63, 3.8) is 0 Å². The zero-order valence-corrected chi connectivity index (χ0v) is 11.3. The summed E-state index contributed by atoms with van der Waals surface area (Å²) in [4.78, 5) is 26.3. The number of rotatable bonds is 5. The van der Waals surface area contributed by atoms with Gasteiger partial charge in [-0.15, -0.1) is 0 Å². The molecule has 8 nitrogen and oxygen atoms in total. The van der Waals surface area contributed by atoms with Crippen LogP contribution in [0, 0.1) is 16.0 Å². The molecule has 1 atom stereocenters. The van der Waals surface area contributed by atoms with E-state index in [4.69, 9.17) is 5.11 Å². The fourth-order valence-corrected chi connectivity index (χ4v) is 1.89. The largest absolute Gasteiger partial charge is 0.394 e. The second-order valence-electron chi connectivity index (χ2n) is 4.42. The molecular weight excluding hydrogens is 276 g/mol. The summed E-state index contributed by atoms with van der Waals surface area (Å²) in [7, 11) is 0. The van der Waals surface area contributed by atoms with Gasteiger partial charge >= 0.3 is 0 Å². The molecule has 1 N–H and O–H groups in total. The number of carbonyl (C=O) groups is 1. The van der Waals surface area contributed by atoms with Crippen LogP contribution in [0.25, 0.3) is 0 Å². The minimum absolute atomic E-state index is 0.0489. The maximum atomic E-state index is 12.3. The molecule has 1 aliphatic heterocycles. The standard InChI is InChI=1S/C13H14N4O4/c1-9-12(8-14-6-7-18)13(19)16(15-9)10-2-4-11(5-3-10)17(20)21/h2-5,8,12,18H,6-7H2,1H3/t12-/m1/s1. The number of non-ortho nitro benzene ring substituents is 1. The lowest BCUT2D eigenvalue weighted by molar-refractivity contribution is -0.384. The van der Waals surface area contributed by atoms with Gasteiger partial charge in [-0.3, -0.25) is 19.9 Å². The molecule has 1 aliphatic rings. The van der Waals surface area contributed by atoms with Crippen molar-refractivity contribution < 1.29 is 14.8 Å². The molecule has 0 aromatic heterocycles. The van der Waals surface area contributed by atoms with Crippen molar-refractivity contribution in [2.24, 2.45) is 16.0 Å². The van der Waals surface area contributed by atoms with Gasteiger partial charge < -0.3 is 5.11 Å². The van der Waals surface area contributed by atoms with Crippen LogP contribution in [0.2, 0.25) is 0 Å². The number of carbonyl (C=O) groups excluding carboxylic acids is 1. The van der Waals surface area contributed by atoms with Crippen molar-refractivity contribution in [3.05, 3.63) is 34.4 Å². The fourth-order valence-electron chi connectivity index (χ4n) is 1.89. The number of anilines is 1. The van der Waals surface area contributed by atoms with Crippen LogP contribution in [-0.4, -0.2) is 41.0 Å². The van der Waals surface area contributed by atoms with E-state index in [1.165, 1.54) is 35.5 Å². The highest BCUT2D eigenvalue weighted by Gasteiger charge is 2.33. The fraction of sp³-hybridized carbons (Fsp3) is 0.308. The van der Waals surface area contributed by atoms with Gasteiger partial charge in [-0.2, -0.15) is 10.1 Å². The van der Waals surface area contributed by atoms with E-state index in [1.54, 1.807) is 6.92 Å². The van der Waals surface area contributed by atoms with Crippen molar-refractivity contribution >= 4 is 29.2 Å². The van der Waals surface area contributed by atoms with E-state index in [1.807, 2.05) is 0 Å². The predicted octanol–water partition coefficient (Wildman–Crippen LogP) is 0.997. The van der Waals surface area contributed by atoms with E-state index in [2.05, 4.69) is 10.1 Å². The normalized spacial score (nSPS) is 18.4. The van der Waals surface area contributed by atoms with Gasteiger partial charge in [-0.25, -0.2) is 0 Å². The molecule has 0 aliphatic carbocycles. The van der Waals surface area contributed by atoms with Crippen molar-refractivity contribution in [1.29, 1.82) is 0 Å². The van der Waals surface area contributed by atoms with Gasteiger partial charge in [0.1, 0.15) is 5.92 Å². The SMILES string of the molecule is CC1=NN(c2ccc([N+](=O)[O-])cc2)C(=O)[C@@H]1C=NCCO. The maximum absolute atomic E-state index is 12.3. The molecule has 110 valence electrons. The van der Waals surface area contributed by atoms with Gasteiger partial charge in [0.05, 0.1) is 29.5 Å². The van der Waals surface area contributed by atoms with E-state index >= 15 is 0 Å². The Morgan fingerprint density at radius 3 is 2.71 bits per heavy atom. The Hall–Kier alpha value is -2.61. The Morgan fingerprint density at radius 1 is 1.48 bits per heavy atom. The zero-order chi connectivity index (χ0) is 15.4. The monoisotopic (exact) mass is 290 g/mol. The summed E-state index contributed by atoms with van der Waals surface area (Å²) in [5.41, 5.74) is 0.996. The van der Waals surface area contributed by atoms with Crippen LogP contribution < -0.4 is 5.01 Å². The quantitative estimate of drug-likeness (QED) is 0.495. The van der Waals surface area contributed by atoms with Crippen LogP contribution in [0.4, 0.5) is 11.4 Å². The van der Waals surface area contributed by atoms with Crippen molar-refractivity contribution in [2.75, 3.05) is 18.2 Å². The van der Waals surface area contributed by atoms with Crippen LogP contribution >= 0.6 is 0 Å². The van der Waals surface area contributed by atoms with Crippen LogP contribution in [0.1, 0.15) is 6.92 Å². The number of hydrazone groups is 1. The molecule has 1 heterocycles. The summed E-state index contributed by atoms with van der Waals surface area (Å²) in [5, 5.41) is 24.6. The Kier molecular flexibility index (Phi) is 4.39. The highest BCUT2D eigenvalue weighted by molar-refractivity contribution is 6.23. The number of nitro benzene ring substituents is 1. The average molecular weight is 290 g/mol. The molecule has 0 unspecified atom stereocenters. The molecule has 1 amide bonds. The predicted molar refractivity (Wildman–Crippen MR) is 77.6 cm³/mol. The zero-order valence-electron chi connectivity index (χ0n) is 11.3. The maximum Gasteiger partial charge on any atom is 0.269 e. The van der Waals surface area contributed by atoms with Crippen LogP contribution in [-0.2, 0) is 4.79 Å². The van der Waals surface area contributed by atoms with Crippen molar-refractivity contribution in [1.82, 2.24) is 0 Å². The number of aliphatic hydroxyl groups excluding tert-OH is 1. The van der Waals surface area contributed by atoms with Gasteiger partial charge in [0.15, 0.2) is 0 Å². The summed E-state index contributed by atoms with van der Waals surface area (Å²) in [5.74, 6) is -0.838. The number of nitrogens with zero attached hydrogens (tertiary/aromatic N) is 4. The molecular formula is C13H14N4O4. The lowest BCUT2D eigenvalue weighted by Crippen LogP contribution is -2.28. The van der Waals surface area contributed by atoms with Crippen LogP contribution in [0.3, 0.4) is 0 Å². The minimum Gasteiger partial charge on any atom is -0.394 e. The smallest absolute Gasteiger partial charge is 0.269 e. The van der Waals surface area contributed by atoms with E-state index in [-0.39, 0.29) is 24.7 Å². The van der Waals surface area contributed by atoms with E-state index in [9.17, 15) is 14.9 Å². The third-order valence-corrected chi connectivity index (χ3v) is 2.97. The van der Waals surface area contributed by atoms with Crippen molar-refractivity contribution in [3.8, 4) is 0 Å². The second kappa shape index (κ2) is 6.23. The first-order valence-corrected chi connectivity index (χ1v) is 6.29. The highest BCUT2D eigenvalue weighted by Crippen LogP contribution is 2.25. The van der Waals surface area contributed by atoms with Gasteiger partial charge in [-0.05, 0) is 19.1 Å². The Balaban J connectivity index is 2.18. The Bertz CT molecular complexity index is 609. The molecule has 0 fully saturated rings. The molecule has 0 radical (unpaired) electrons. The molecule has 2 rings (SSSR count). The van der Waals surface area contributed by atoms with Gasteiger partial charge in [-0.1, -0.05) is 0 Å². The molecule has 0 spiro atoms. The summed E-state index contributed by atoms with van der Waals surface area (Å²) in [6.07, 6.45) is 1.46. The van der Waals surface area contributed by atoms with Crippen molar-refractivity contribution in [2.45, 2.75) is 6.92 Å². The van der Waals surface area contributed by atoms with Gasteiger partial charge in [0.25, 0.3) is 11.6 Å². The number of amides is 1. The van der Waals surface area contributed by atoms with Gasteiger partial charge in [0, 0.05) is 18.3 Å². The van der Waals surface area contributed by atoms with Crippen LogP contribution in [0.15, 0.2) is 34.4 Å². The summed E-state index contributed by atoms with van der Waals surface area (Å²) in [6.45, 7) is 1.85. The van der Waals surface area contributed by atoms with E-state index in [0.29, 0.717) is 11.4 Å². The minimum atomic E-state index is -0.563. The average Bonchev–Trinajstić information content (AvgIpc) is 2.75. The molecule has 1 aromatic rings. The Morgan fingerprint density at radius 2 is 2.14 bits per heavy atom. The first kappa shape index (κ1) is 14.8. The molecule has 8 heteroatoms. The number of hydrogen-bond donors (Lipinski definition) is 1. The second-order valence-corrected chi connectivity index (χ2v) is 4.42. The molecule has 0 saturated carbocycles. The summed E-state index contributed by atoms with van der Waals surface area (Å²) in [6, 6.07) is 5.58. The van der Waals surface area contributed by atoms with Gasteiger partial charge in [0.2, 0.25) is 0 Å². The number of hydrogen-bond acceptors (Lipinski definition) is 6. The first-order chi connectivity index (χ1) is 10.0.